The van der Waals surface area contributed by atoms with Gasteiger partial charge in [-0.2, -0.15) is 0 Å². The van der Waals surface area contributed by atoms with Gasteiger partial charge in [-0.15, -0.1) is 24.0 Å². The number of aliphatic imine (C=N–C) groups is 1. The molecule has 2 rings (SSSR count). The van der Waals surface area contributed by atoms with Crippen molar-refractivity contribution in [2.24, 2.45) is 4.99 Å². The Morgan fingerprint density at radius 1 is 1.28 bits per heavy atom. The number of benzene rings is 1. The van der Waals surface area contributed by atoms with Gasteiger partial charge in [-0.3, -0.25) is 4.99 Å². The lowest BCUT2D eigenvalue weighted by atomic mass is 10.2. The summed E-state index contributed by atoms with van der Waals surface area (Å²) in [4.78, 5) is 10.7. The molecule has 0 atom stereocenters. The minimum atomic E-state index is 0. The van der Waals surface area contributed by atoms with Gasteiger partial charge in [-0.25, -0.2) is 4.98 Å². The second-order valence-corrected chi connectivity index (χ2v) is 5.64. The van der Waals surface area contributed by atoms with Crippen LogP contribution in [0.1, 0.15) is 12.5 Å². The van der Waals surface area contributed by atoms with E-state index in [0.29, 0.717) is 0 Å². The Morgan fingerprint density at radius 3 is 2.72 bits per heavy atom. The fraction of sp³-hybridized carbons (Fsp3) is 0.444. The van der Waals surface area contributed by atoms with E-state index in [-0.39, 0.29) is 24.0 Å². The number of halogens is 1. The number of aryl methyl sites for hydroxylation is 1. The highest BCUT2D eigenvalue weighted by molar-refractivity contribution is 14.0. The third-order valence-electron chi connectivity index (χ3n) is 3.87. The lowest BCUT2D eigenvalue weighted by Crippen LogP contribution is -2.42. The van der Waals surface area contributed by atoms with Crippen LogP contribution < -0.4 is 15.5 Å². The standard InChI is InChI=1S/C18H28N6.HI/c1-4-24(17-7-5-6-16(2)14-17)13-10-22-18(19-3)21-9-12-23-11-8-20-15-23;/h5-8,11,14-15H,4,9-10,12-13H2,1-3H3,(H2,19,21,22);1H. The fourth-order valence-electron chi connectivity index (χ4n) is 2.55. The largest absolute Gasteiger partial charge is 0.370 e. The lowest BCUT2D eigenvalue weighted by Gasteiger charge is -2.24. The van der Waals surface area contributed by atoms with Crippen LogP contribution in [0.2, 0.25) is 0 Å². The molecule has 1 aromatic carbocycles. The molecule has 1 aromatic heterocycles. The molecule has 0 fully saturated rings. The molecule has 6 nitrogen and oxygen atoms in total. The maximum atomic E-state index is 4.27. The molecule has 0 saturated carbocycles. The molecular weight excluding hydrogens is 427 g/mol. The minimum Gasteiger partial charge on any atom is -0.370 e. The molecule has 138 valence electrons. The van der Waals surface area contributed by atoms with E-state index in [1.807, 2.05) is 17.1 Å². The van der Waals surface area contributed by atoms with E-state index in [1.54, 1.807) is 13.2 Å². The first-order valence-electron chi connectivity index (χ1n) is 8.44. The van der Waals surface area contributed by atoms with Crippen LogP contribution in [0.15, 0.2) is 48.0 Å². The van der Waals surface area contributed by atoms with Gasteiger partial charge in [-0.05, 0) is 31.5 Å². The van der Waals surface area contributed by atoms with Gasteiger partial charge in [0.25, 0.3) is 0 Å². The summed E-state index contributed by atoms with van der Waals surface area (Å²) >= 11 is 0. The van der Waals surface area contributed by atoms with Gasteiger partial charge < -0.3 is 20.1 Å². The van der Waals surface area contributed by atoms with Crippen molar-refractivity contribution in [3.05, 3.63) is 48.5 Å². The minimum absolute atomic E-state index is 0. The summed E-state index contributed by atoms with van der Waals surface area (Å²) in [5.41, 5.74) is 2.55. The fourth-order valence-corrected chi connectivity index (χ4v) is 2.55. The Labute approximate surface area is 167 Å². The van der Waals surface area contributed by atoms with E-state index in [0.717, 1.165) is 38.7 Å². The van der Waals surface area contributed by atoms with Gasteiger partial charge in [0.15, 0.2) is 5.96 Å². The lowest BCUT2D eigenvalue weighted by molar-refractivity contribution is 0.659. The Hall–Kier alpha value is -1.77. The first-order valence-corrected chi connectivity index (χ1v) is 8.44. The highest BCUT2D eigenvalue weighted by Crippen LogP contribution is 2.14. The first-order chi connectivity index (χ1) is 11.7. The van der Waals surface area contributed by atoms with Gasteiger partial charge in [0.2, 0.25) is 0 Å². The number of rotatable bonds is 8. The number of guanidine groups is 1. The van der Waals surface area contributed by atoms with Crippen molar-refractivity contribution in [3.8, 4) is 0 Å². The smallest absolute Gasteiger partial charge is 0.191 e. The number of hydrogen-bond acceptors (Lipinski definition) is 3. The topological polar surface area (TPSA) is 57.5 Å². The number of aromatic nitrogens is 2. The number of likely N-dealkylation sites (N-methyl/N-ethyl adjacent to an activating group) is 1. The predicted molar refractivity (Wildman–Crippen MR) is 116 cm³/mol. The third-order valence-corrected chi connectivity index (χ3v) is 3.87. The van der Waals surface area contributed by atoms with Crippen LogP contribution in [-0.2, 0) is 6.54 Å². The maximum absolute atomic E-state index is 4.27. The SMILES string of the molecule is CCN(CCNC(=NC)NCCn1ccnc1)c1cccc(C)c1.I. The number of hydrogen-bond donors (Lipinski definition) is 2. The Morgan fingerprint density at radius 2 is 2.08 bits per heavy atom. The number of nitrogens with one attached hydrogen (secondary N) is 2. The molecule has 0 aliphatic carbocycles. The van der Waals surface area contributed by atoms with Crippen molar-refractivity contribution < 1.29 is 0 Å². The highest BCUT2D eigenvalue weighted by Gasteiger charge is 2.04. The molecule has 0 saturated heterocycles. The predicted octanol–water partition coefficient (Wildman–Crippen LogP) is 2.50. The molecule has 0 aliphatic heterocycles. The van der Waals surface area contributed by atoms with Crippen molar-refractivity contribution >= 4 is 35.6 Å². The number of nitrogens with zero attached hydrogens (tertiary/aromatic N) is 4. The van der Waals surface area contributed by atoms with Crippen molar-refractivity contribution in [1.82, 2.24) is 20.2 Å². The first kappa shape index (κ1) is 21.3. The van der Waals surface area contributed by atoms with Crippen LogP contribution in [0.3, 0.4) is 0 Å². The van der Waals surface area contributed by atoms with E-state index in [9.17, 15) is 0 Å². The summed E-state index contributed by atoms with van der Waals surface area (Å²) < 4.78 is 2.04. The molecule has 2 aromatic rings. The van der Waals surface area contributed by atoms with E-state index in [2.05, 4.69) is 63.6 Å². The van der Waals surface area contributed by atoms with Crippen LogP contribution in [0.4, 0.5) is 5.69 Å². The third kappa shape index (κ3) is 7.33. The van der Waals surface area contributed by atoms with Crippen LogP contribution >= 0.6 is 24.0 Å². The van der Waals surface area contributed by atoms with Gasteiger partial charge in [-0.1, -0.05) is 12.1 Å². The van der Waals surface area contributed by atoms with Crippen molar-refractivity contribution in [3.63, 3.8) is 0 Å². The summed E-state index contributed by atoms with van der Waals surface area (Å²) in [6.07, 6.45) is 5.56. The molecule has 1 heterocycles. The molecule has 7 heteroatoms. The molecule has 25 heavy (non-hydrogen) atoms. The van der Waals surface area contributed by atoms with Crippen molar-refractivity contribution in [2.75, 3.05) is 38.1 Å². The van der Waals surface area contributed by atoms with E-state index in [1.165, 1.54) is 11.3 Å². The van der Waals surface area contributed by atoms with Gasteiger partial charge in [0, 0.05) is 57.9 Å². The van der Waals surface area contributed by atoms with E-state index >= 15 is 0 Å². The van der Waals surface area contributed by atoms with Crippen LogP contribution in [0, 0.1) is 6.92 Å². The van der Waals surface area contributed by atoms with Crippen molar-refractivity contribution in [2.45, 2.75) is 20.4 Å². The van der Waals surface area contributed by atoms with Crippen LogP contribution in [0.5, 0.6) is 0 Å². The zero-order valence-corrected chi connectivity index (χ0v) is 17.6. The molecule has 0 aliphatic rings. The van der Waals surface area contributed by atoms with Crippen LogP contribution in [0.25, 0.3) is 0 Å². The summed E-state index contributed by atoms with van der Waals surface area (Å²) in [6.45, 7) is 8.74. The summed E-state index contributed by atoms with van der Waals surface area (Å²) in [7, 11) is 1.80. The van der Waals surface area contributed by atoms with Crippen molar-refractivity contribution in [1.29, 1.82) is 0 Å². The summed E-state index contributed by atoms with van der Waals surface area (Å²) in [6, 6.07) is 8.62. The monoisotopic (exact) mass is 456 g/mol. The molecule has 0 amide bonds. The second-order valence-electron chi connectivity index (χ2n) is 5.64. The maximum Gasteiger partial charge on any atom is 0.191 e. The highest BCUT2D eigenvalue weighted by atomic mass is 127. The number of anilines is 1. The molecular formula is C18H29IN6. The second kappa shape index (κ2) is 11.7. The quantitative estimate of drug-likeness (QED) is 0.364. The molecule has 0 spiro atoms. The zero-order valence-electron chi connectivity index (χ0n) is 15.3. The van der Waals surface area contributed by atoms with E-state index < -0.39 is 0 Å². The zero-order chi connectivity index (χ0) is 17.2. The summed E-state index contributed by atoms with van der Waals surface area (Å²) in [5.74, 6) is 0.829. The molecule has 2 N–H and O–H groups in total. The summed E-state index contributed by atoms with van der Waals surface area (Å²) in [5, 5.41) is 6.69. The van der Waals surface area contributed by atoms with Gasteiger partial charge in [0.1, 0.15) is 0 Å². The normalized spacial score (nSPS) is 10.9. The Bertz CT molecular complexity index is 626. The van der Waals surface area contributed by atoms with Crippen LogP contribution in [-0.4, -0.2) is 48.7 Å². The Kier molecular flexibility index (Phi) is 9.98. The average molecular weight is 456 g/mol. The number of imidazole rings is 1. The molecule has 0 radical (unpaired) electrons. The van der Waals surface area contributed by atoms with E-state index in [4.69, 9.17) is 0 Å². The Balaban J connectivity index is 0.00000312. The molecule has 0 bridgehead atoms. The average Bonchev–Trinajstić information content (AvgIpc) is 3.10. The molecule has 0 unspecified atom stereocenters. The van der Waals surface area contributed by atoms with Gasteiger partial charge in [0.05, 0.1) is 6.33 Å². The van der Waals surface area contributed by atoms with Gasteiger partial charge >= 0.3 is 0 Å².